The molecule has 0 radical (unpaired) electrons. The Hall–Kier alpha value is -2.45. The van der Waals surface area contributed by atoms with E-state index in [9.17, 15) is 22.8 Å². The Kier molecular flexibility index (Phi) is 6.24. The van der Waals surface area contributed by atoms with E-state index >= 15 is 0 Å². The third-order valence-electron chi connectivity index (χ3n) is 5.65. The molecule has 1 unspecified atom stereocenters. The first-order chi connectivity index (χ1) is 13.7. The van der Waals surface area contributed by atoms with Crippen LogP contribution >= 0.6 is 0 Å². The monoisotopic (exact) mass is 414 g/mol. The highest BCUT2D eigenvalue weighted by Crippen LogP contribution is 2.58. The van der Waals surface area contributed by atoms with Gasteiger partial charge in [-0.05, 0) is 41.9 Å². The van der Waals surface area contributed by atoms with E-state index in [0.717, 1.165) is 12.0 Å². The number of nitrogens with one attached hydrogen (secondary N) is 1. The maximum absolute atomic E-state index is 12.8. The highest BCUT2D eigenvalue weighted by molar-refractivity contribution is 5.80. The number of alkyl halides is 3. The van der Waals surface area contributed by atoms with Gasteiger partial charge in [0.15, 0.2) is 0 Å². The number of carbonyl (C=O) groups is 2. The second-order valence-electron chi connectivity index (χ2n) is 7.58. The average molecular weight is 414 g/mol. The lowest BCUT2D eigenvalue weighted by atomic mass is 10.0. The van der Waals surface area contributed by atoms with Gasteiger partial charge in [0.25, 0.3) is 0 Å². The number of methoxy groups -OCH3 is 1. The van der Waals surface area contributed by atoms with Crippen LogP contribution in [-0.4, -0.2) is 50.0 Å². The number of piperidine rings is 1. The minimum Gasteiger partial charge on any atom is -0.453 e. The number of hydrogen-bond donors (Lipinski definition) is 1. The molecule has 1 aliphatic carbocycles. The van der Waals surface area contributed by atoms with Crippen molar-refractivity contribution in [2.24, 2.45) is 17.8 Å². The average Bonchev–Trinajstić information content (AvgIpc) is 3.16. The molecule has 2 aliphatic rings. The highest BCUT2D eigenvalue weighted by Gasteiger charge is 2.57. The van der Waals surface area contributed by atoms with Gasteiger partial charge >= 0.3 is 12.5 Å². The van der Waals surface area contributed by atoms with Crippen LogP contribution in [0.15, 0.2) is 24.3 Å². The van der Waals surface area contributed by atoms with Crippen LogP contribution in [-0.2, 0) is 9.53 Å². The number of halogens is 3. The van der Waals surface area contributed by atoms with Gasteiger partial charge in [0.05, 0.1) is 13.0 Å². The van der Waals surface area contributed by atoms with E-state index in [1.54, 1.807) is 17.0 Å². The Balaban J connectivity index is 1.57. The number of fused-ring (bicyclic) bond motifs is 1. The number of hydrogen-bond acceptors (Lipinski definition) is 4. The lowest BCUT2D eigenvalue weighted by Crippen LogP contribution is -2.41. The first-order valence-electron chi connectivity index (χ1n) is 9.69. The molecule has 1 heterocycles. The van der Waals surface area contributed by atoms with Crippen molar-refractivity contribution < 1.29 is 32.2 Å². The molecule has 3 rings (SSSR count). The van der Waals surface area contributed by atoms with Crippen molar-refractivity contribution in [3.05, 3.63) is 29.8 Å². The zero-order valence-electron chi connectivity index (χ0n) is 16.4. The van der Waals surface area contributed by atoms with Crippen LogP contribution in [0.1, 0.15) is 31.2 Å². The Morgan fingerprint density at radius 3 is 2.55 bits per heavy atom. The summed E-state index contributed by atoms with van der Waals surface area (Å²) in [4.78, 5) is 26.0. The largest absolute Gasteiger partial charge is 0.573 e. The predicted octanol–water partition coefficient (Wildman–Crippen LogP) is 3.53. The molecule has 1 aromatic carbocycles. The van der Waals surface area contributed by atoms with Gasteiger partial charge in [-0.3, -0.25) is 4.79 Å². The van der Waals surface area contributed by atoms with Crippen LogP contribution < -0.4 is 10.1 Å². The van der Waals surface area contributed by atoms with E-state index < -0.39 is 12.5 Å². The van der Waals surface area contributed by atoms with E-state index in [1.807, 2.05) is 6.92 Å². The lowest BCUT2D eigenvalue weighted by Gasteiger charge is -2.25. The Labute approximate surface area is 167 Å². The summed E-state index contributed by atoms with van der Waals surface area (Å²) < 4.78 is 45.9. The number of ether oxygens (including phenoxy) is 2. The number of benzene rings is 1. The van der Waals surface area contributed by atoms with Gasteiger partial charge in [-0.1, -0.05) is 25.5 Å². The molecule has 6 nitrogen and oxygen atoms in total. The number of rotatable bonds is 7. The van der Waals surface area contributed by atoms with Gasteiger partial charge in [-0.25, -0.2) is 4.79 Å². The molecule has 1 N–H and O–H groups in total. The van der Waals surface area contributed by atoms with Crippen LogP contribution in [0.2, 0.25) is 0 Å². The third kappa shape index (κ3) is 5.13. The molecule has 0 spiro atoms. The zero-order valence-corrected chi connectivity index (χ0v) is 16.4. The first kappa shape index (κ1) is 21.3. The van der Waals surface area contributed by atoms with Gasteiger partial charge in [0.1, 0.15) is 5.75 Å². The second-order valence-corrected chi connectivity index (χ2v) is 7.58. The van der Waals surface area contributed by atoms with E-state index in [1.165, 1.54) is 19.2 Å². The van der Waals surface area contributed by atoms with Crippen molar-refractivity contribution in [3.63, 3.8) is 0 Å². The topological polar surface area (TPSA) is 67.9 Å². The smallest absolute Gasteiger partial charge is 0.453 e. The van der Waals surface area contributed by atoms with Crippen molar-refractivity contribution in [1.82, 2.24) is 10.2 Å². The van der Waals surface area contributed by atoms with E-state index in [2.05, 4.69) is 14.8 Å². The maximum atomic E-state index is 12.8. The SMILES string of the molecule is CCC[C@H](CNC(=O)OC)C(=O)N1C[C@@H]2C(c3cccc(OC(F)(F)F)c3)[C@@H]2C1. The molecular weight excluding hydrogens is 389 g/mol. The molecule has 1 aliphatic heterocycles. The summed E-state index contributed by atoms with van der Waals surface area (Å²) in [5, 5.41) is 2.59. The minimum absolute atomic E-state index is 0.00311. The van der Waals surface area contributed by atoms with Crippen LogP contribution in [0.4, 0.5) is 18.0 Å². The minimum atomic E-state index is -4.71. The van der Waals surface area contributed by atoms with Crippen LogP contribution in [0, 0.1) is 17.8 Å². The van der Waals surface area contributed by atoms with Crippen LogP contribution in [0.3, 0.4) is 0 Å². The number of carbonyl (C=O) groups excluding carboxylic acids is 2. The summed E-state index contributed by atoms with van der Waals surface area (Å²) in [7, 11) is 1.27. The molecule has 1 saturated carbocycles. The van der Waals surface area contributed by atoms with Gasteiger partial charge in [-0.2, -0.15) is 0 Å². The van der Waals surface area contributed by atoms with Gasteiger partial charge in [0, 0.05) is 19.6 Å². The molecule has 29 heavy (non-hydrogen) atoms. The number of amides is 2. The van der Waals surface area contributed by atoms with Gasteiger partial charge in [-0.15, -0.1) is 13.2 Å². The summed E-state index contributed by atoms with van der Waals surface area (Å²) in [5.74, 6) is 0.118. The zero-order chi connectivity index (χ0) is 21.2. The third-order valence-corrected chi connectivity index (χ3v) is 5.65. The van der Waals surface area contributed by atoms with Gasteiger partial charge < -0.3 is 19.7 Å². The van der Waals surface area contributed by atoms with Crippen molar-refractivity contribution in [1.29, 1.82) is 0 Å². The standard InChI is InChI=1S/C20H25F3N2O4/c1-3-5-13(9-24-19(27)28-2)18(26)25-10-15-16(11-25)17(15)12-6-4-7-14(8-12)29-20(21,22)23/h4,6-8,13,15-17H,3,5,9-11H2,1-2H3,(H,24,27)/t13-,15-,16+,17?/m1/s1. The second kappa shape index (κ2) is 8.51. The number of nitrogens with zero attached hydrogens (tertiary/aromatic N) is 1. The molecule has 1 saturated heterocycles. The Bertz CT molecular complexity index is 743. The molecule has 2 amide bonds. The summed E-state index contributed by atoms with van der Waals surface area (Å²) in [6.07, 6.45) is -3.80. The predicted molar refractivity (Wildman–Crippen MR) is 98.2 cm³/mol. The summed E-state index contributed by atoms with van der Waals surface area (Å²) in [5.41, 5.74) is 0.811. The molecule has 0 bridgehead atoms. The molecule has 1 aromatic rings. The first-order valence-corrected chi connectivity index (χ1v) is 9.69. The van der Waals surface area contributed by atoms with Crippen LogP contribution in [0.25, 0.3) is 0 Å². The van der Waals surface area contributed by atoms with E-state index in [-0.39, 0.29) is 41.9 Å². The molecule has 9 heteroatoms. The quantitative estimate of drug-likeness (QED) is 0.741. The van der Waals surface area contributed by atoms with Crippen molar-refractivity contribution >= 4 is 12.0 Å². The summed E-state index contributed by atoms with van der Waals surface area (Å²) in [6.45, 7) is 3.37. The maximum Gasteiger partial charge on any atom is 0.573 e. The van der Waals surface area contributed by atoms with Crippen molar-refractivity contribution in [2.45, 2.75) is 32.0 Å². The van der Waals surface area contributed by atoms with E-state index in [4.69, 9.17) is 0 Å². The Morgan fingerprint density at radius 2 is 1.97 bits per heavy atom. The van der Waals surface area contributed by atoms with Crippen molar-refractivity contribution in [3.8, 4) is 5.75 Å². The molecular formula is C20H25F3N2O4. The summed E-state index contributed by atoms with van der Waals surface area (Å²) >= 11 is 0. The molecule has 2 fully saturated rings. The molecule has 160 valence electrons. The van der Waals surface area contributed by atoms with Gasteiger partial charge in [0.2, 0.25) is 5.91 Å². The fourth-order valence-electron chi connectivity index (χ4n) is 4.32. The fraction of sp³-hybridized carbons (Fsp3) is 0.600. The van der Waals surface area contributed by atoms with Crippen LogP contribution in [0.5, 0.6) is 5.75 Å². The lowest BCUT2D eigenvalue weighted by molar-refractivity contribution is -0.274. The number of alkyl carbamates (subject to hydrolysis) is 1. The normalized spacial score (nSPS) is 23.9. The highest BCUT2D eigenvalue weighted by atomic mass is 19.4. The summed E-state index contributed by atoms with van der Waals surface area (Å²) in [6, 6.07) is 6.08. The number of likely N-dealkylation sites (tertiary alicyclic amines) is 1. The molecule has 0 aromatic heterocycles. The molecule has 4 atom stereocenters. The van der Waals surface area contributed by atoms with E-state index in [0.29, 0.717) is 19.5 Å². The van der Waals surface area contributed by atoms with Crippen molar-refractivity contribution in [2.75, 3.05) is 26.7 Å². The Morgan fingerprint density at radius 1 is 1.28 bits per heavy atom. The fourth-order valence-corrected chi connectivity index (χ4v) is 4.32.